The quantitative estimate of drug-likeness (QED) is 0.217. The molecule has 0 aliphatic heterocycles. The van der Waals surface area contributed by atoms with Gasteiger partial charge in [-0.15, -0.1) is 0 Å². The van der Waals surface area contributed by atoms with Crippen molar-refractivity contribution in [1.29, 1.82) is 0 Å². The van der Waals surface area contributed by atoms with Gasteiger partial charge in [0.1, 0.15) is 0 Å². The van der Waals surface area contributed by atoms with Crippen LogP contribution in [0.4, 0.5) is 0 Å². The zero-order valence-corrected chi connectivity index (χ0v) is 39.6. The second-order valence-corrected chi connectivity index (χ2v) is 9.54. The summed E-state index contributed by atoms with van der Waals surface area (Å²) in [5.41, 5.74) is 0. The molecule has 21 heteroatoms. The van der Waals surface area contributed by atoms with Gasteiger partial charge in [-0.3, -0.25) is 0 Å². The molecule has 0 bridgehead atoms. The van der Waals surface area contributed by atoms with Crippen LogP contribution >= 0.6 is 0 Å². The van der Waals surface area contributed by atoms with Crippen molar-refractivity contribution >= 4 is 0 Å². The molecule has 2 aliphatic carbocycles. The Labute approximate surface area is 919 Å². The third-order valence-electron chi connectivity index (χ3n) is 7.74. The summed E-state index contributed by atoms with van der Waals surface area (Å²) in [5, 5.41) is 0. The molecule has 6 unspecified atom stereocenters. The van der Waals surface area contributed by atoms with Crippen LogP contribution in [0.1, 0.15) is 125 Å². The predicted molar refractivity (Wildman–Crippen MR) is 115 cm³/mol. The molecule has 0 aromatic carbocycles. The van der Waals surface area contributed by atoms with Gasteiger partial charge in [-0.25, -0.2) is 0 Å². The molecule has 0 radical (unpaired) electrons. The van der Waals surface area contributed by atoms with E-state index in [0.29, 0.717) is 0 Å². The number of unbranched alkanes of at least 4 members (excludes halogenated alkanes) is 1. The Kier molecular flexibility index (Phi) is 315. The minimum atomic E-state index is 0. The summed E-state index contributed by atoms with van der Waals surface area (Å²) < 4.78 is 0. The molecule has 0 spiro atoms. The maximum absolute atomic E-state index is 2.63. The van der Waals surface area contributed by atoms with Crippen molar-refractivity contribution in [3.8, 4) is 0 Å². The Morgan fingerprint density at radius 2 is 0.717 bits per heavy atom. The van der Waals surface area contributed by atoms with Crippen molar-refractivity contribution in [3.63, 3.8) is 0 Å². The van der Waals surface area contributed by atoms with Crippen LogP contribution < -0.4 is 0 Å². The maximum Gasteiger partial charge on any atom is 0 e. The van der Waals surface area contributed by atoms with E-state index in [9.17, 15) is 0 Å². The Morgan fingerprint density at radius 3 is 1.04 bits per heavy atom. The molecule has 2 saturated carbocycles. The van der Waals surface area contributed by atoms with E-state index in [2.05, 4.69) is 27.7 Å². The SMILES string of the molecule is C.CCCCC(C)C1CCCCC1CC(C)C1CCCCC1CCC.[Ar].[Ar].[Ar].[Ar].[Ar].[Ar].[Ar].[Ar].[Ar].[Ar].[Ar].[Ar].[Ar].[Ar].[Ar].[Ar].[Ar].[Ar].[Ar].[Ar].[Ar]. The molecule has 0 N–H and O–H groups in total. The molecule has 2 fully saturated rings. The van der Waals surface area contributed by atoms with Gasteiger partial charge in [-0.05, 0) is 54.8 Å². The van der Waals surface area contributed by atoms with Crippen molar-refractivity contribution in [3.05, 3.63) is 0 Å². The van der Waals surface area contributed by atoms with E-state index in [1.54, 1.807) is 6.42 Å². The Hall–Kier alpha value is 26.5. The number of rotatable bonds is 9. The van der Waals surface area contributed by atoms with Crippen molar-refractivity contribution in [2.24, 2.45) is 35.5 Å². The molecule has 0 amide bonds. The molecule has 2 aliphatic rings. The maximum atomic E-state index is 2.63. The first kappa shape index (κ1) is 140. The van der Waals surface area contributed by atoms with E-state index < -0.39 is 0 Å². The van der Waals surface area contributed by atoms with E-state index in [1.807, 2.05) is 0 Å². The molecule has 46 heavy (non-hydrogen) atoms. The molecule has 0 nitrogen and oxygen atoms in total. The Balaban J connectivity index is -0.0000000150. The molecule has 0 saturated heterocycles. The molecule has 2 rings (SSSR count). The van der Waals surface area contributed by atoms with E-state index in [1.165, 1.54) is 83.5 Å². The van der Waals surface area contributed by atoms with Crippen LogP contribution in [0.25, 0.3) is 0 Å². The smallest absolute Gasteiger partial charge is 0 e. The van der Waals surface area contributed by atoms with E-state index in [-0.39, 0.29) is 800 Å². The molecule has 6 atom stereocenters. The van der Waals surface area contributed by atoms with Gasteiger partial charge in [0.15, 0.2) is 0 Å². The summed E-state index contributed by atoms with van der Waals surface area (Å²) in [6.45, 7) is 9.94. The third kappa shape index (κ3) is 74.7. The van der Waals surface area contributed by atoms with Crippen LogP contribution in [0.3, 0.4) is 0 Å². The normalized spacial score (nSPS) is 17.7. The fourth-order valence-corrected chi connectivity index (χ4v) is 6.39. The van der Waals surface area contributed by atoms with Gasteiger partial charge in [0.25, 0.3) is 0 Å². The summed E-state index contributed by atoms with van der Waals surface area (Å²) in [7, 11) is 0. The van der Waals surface area contributed by atoms with Gasteiger partial charge in [0.05, 0.1) is 0 Å². The van der Waals surface area contributed by atoms with Gasteiger partial charge in [0.2, 0.25) is 0 Å². The van der Waals surface area contributed by atoms with Crippen LogP contribution in [0.15, 0.2) is 0 Å². The summed E-state index contributed by atoms with van der Waals surface area (Å²) >= 11 is 0. The first-order chi connectivity index (χ1) is 11.7. The summed E-state index contributed by atoms with van der Waals surface area (Å²) in [5.74, 6) is 6.14. The van der Waals surface area contributed by atoms with E-state index >= 15 is 0 Å². The number of hydrogen-bond donors (Lipinski definition) is 0. The Morgan fingerprint density at radius 1 is 0.413 bits per heavy atom. The van der Waals surface area contributed by atoms with Crippen LogP contribution in [0, 0.1) is 828 Å². The standard InChI is InChI=1S/C24H46.CH4.21Ar/c1-5-7-13-19(3)23-16-11-9-15-22(23)18-20(4)24-17-10-8-14-21(24)12-6-2;;;;;;;;;;;;;;;;;;;;;;/h19-24H,5-18H2,1-4H3;1H4;;;;;;;;;;;;;;;;;;;;;. The van der Waals surface area contributed by atoms with Crippen molar-refractivity contribution in [1.82, 2.24) is 0 Å². The zero-order valence-electron chi connectivity index (χ0n) is 24.8. The molecule has 0 aromatic heterocycles. The fourth-order valence-electron chi connectivity index (χ4n) is 6.39. The van der Waals surface area contributed by atoms with Crippen LogP contribution in [0.5, 0.6) is 0 Å². The van der Waals surface area contributed by atoms with Crippen LogP contribution in [0.2, 0.25) is 0 Å². The average Bonchev–Trinajstić information content (AvgIpc) is 2.61. The zero-order chi connectivity index (χ0) is 17.4. The fraction of sp³-hybridized carbons (Fsp3) is 1.00. The minimum absolute atomic E-state index is 0. The molecule has 318 valence electrons. The van der Waals surface area contributed by atoms with Gasteiger partial charge < -0.3 is 0 Å². The minimum Gasteiger partial charge on any atom is -0.0776 e. The molecule has 0 aromatic rings. The molecule has 0 heterocycles. The largest absolute Gasteiger partial charge is 0.0776 e. The van der Waals surface area contributed by atoms with E-state index in [4.69, 9.17) is 0 Å². The molecular formula is C25H50Ar21. The first-order valence-electron chi connectivity index (χ1n) is 11.7. The van der Waals surface area contributed by atoms with Crippen molar-refractivity contribution in [2.75, 3.05) is 0 Å². The molecular weight excluding hydrogens is 1140 g/mol. The van der Waals surface area contributed by atoms with Gasteiger partial charge in [-0.2, -0.15) is 0 Å². The van der Waals surface area contributed by atoms with Crippen LogP contribution in [-0.4, -0.2) is 0 Å². The second-order valence-electron chi connectivity index (χ2n) is 9.54. The van der Waals surface area contributed by atoms with Gasteiger partial charge >= 0.3 is 0 Å². The summed E-state index contributed by atoms with van der Waals surface area (Å²) in [6, 6.07) is 0. The first-order valence-corrected chi connectivity index (χ1v) is 11.7. The van der Waals surface area contributed by atoms with Gasteiger partial charge in [0, 0.05) is 793 Å². The second kappa shape index (κ2) is 104. The average molecular weight is 1190 g/mol. The van der Waals surface area contributed by atoms with Gasteiger partial charge in [-0.1, -0.05) is 106 Å². The van der Waals surface area contributed by atoms with Crippen molar-refractivity contribution < 1.29 is 793 Å². The van der Waals surface area contributed by atoms with E-state index in [0.717, 1.165) is 35.5 Å². The predicted octanol–water partition coefficient (Wildman–Crippen LogP) is 8.89. The Bertz CT molecular complexity index is 364. The third-order valence-corrected chi connectivity index (χ3v) is 7.74. The monoisotopic (exact) mass is 1190 g/mol. The van der Waals surface area contributed by atoms with Crippen molar-refractivity contribution in [2.45, 2.75) is 125 Å². The van der Waals surface area contributed by atoms with Crippen LogP contribution in [-0.2, 0) is 0 Å². The topological polar surface area (TPSA) is 0 Å². The summed E-state index contributed by atoms with van der Waals surface area (Å²) in [6.07, 6.45) is 20.9. The number of hydrogen-bond acceptors (Lipinski definition) is 0. The summed E-state index contributed by atoms with van der Waals surface area (Å²) in [4.78, 5) is 0.